The molecule has 17 heteroatoms. The Kier molecular flexibility index (Phi) is 12.3. The Balaban J connectivity index is 1.91. The maximum atomic E-state index is 15.2. The van der Waals surface area contributed by atoms with Gasteiger partial charge in [0.05, 0.1) is 57.1 Å². The quantitative estimate of drug-likeness (QED) is 0.0911. The minimum absolute atomic E-state index is 0.00428. The van der Waals surface area contributed by atoms with E-state index in [9.17, 15) is 36.2 Å². The summed E-state index contributed by atoms with van der Waals surface area (Å²) < 4.78 is 120. The van der Waals surface area contributed by atoms with Crippen molar-refractivity contribution in [1.29, 1.82) is 0 Å². The van der Waals surface area contributed by atoms with E-state index in [1.807, 2.05) is 0 Å². The Hall–Kier alpha value is -5.32. The third kappa shape index (κ3) is 10.2. The van der Waals surface area contributed by atoms with Crippen LogP contribution in [0.15, 0.2) is 54.9 Å². The molecular formula is C36H36F7N3O7. The molecule has 0 fully saturated rings. The van der Waals surface area contributed by atoms with Gasteiger partial charge >= 0.3 is 18.3 Å². The highest BCUT2D eigenvalue weighted by Crippen LogP contribution is 2.43. The summed E-state index contributed by atoms with van der Waals surface area (Å²) in [4.78, 5) is 20.7. The van der Waals surface area contributed by atoms with Crippen LogP contribution in [0.2, 0.25) is 0 Å². The van der Waals surface area contributed by atoms with Gasteiger partial charge in [-0.25, -0.2) is 14.4 Å². The van der Waals surface area contributed by atoms with Gasteiger partial charge in [-0.05, 0) is 73.4 Å². The second-order valence-electron chi connectivity index (χ2n) is 12.3. The van der Waals surface area contributed by atoms with Crippen LogP contribution in [0.1, 0.15) is 54.5 Å². The largest absolute Gasteiger partial charge is 0.496 e. The van der Waals surface area contributed by atoms with E-state index in [4.69, 9.17) is 24.1 Å². The lowest BCUT2D eigenvalue weighted by Crippen LogP contribution is -2.25. The Labute approximate surface area is 299 Å². The number of alkyl halides is 6. The standard InChI is InChI=1S/C36H36F7N3O7/c1-34(2,49)27-13-26(29(50-3)15-28(27)37)25-14-31(52-5)30(51-4)11-21(25)19-46(33-44-16-24(17-45-33)53-8-6-7-32(47)48)18-20-9-22(35(38,39)40)12-23(10-20)36(41,42)43/h9-17,49H,6-8,18-19H2,1-5H3,(H,47,48). The van der Waals surface area contributed by atoms with E-state index in [0.717, 1.165) is 6.07 Å². The molecule has 10 nitrogen and oxygen atoms in total. The van der Waals surface area contributed by atoms with Gasteiger partial charge in [0.1, 0.15) is 11.6 Å². The number of aliphatic hydroxyl groups is 1. The van der Waals surface area contributed by atoms with Gasteiger partial charge in [-0.15, -0.1) is 0 Å². The van der Waals surface area contributed by atoms with Crippen molar-refractivity contribution in [2.45, 2.75) is 57.7 Å². The third-order valence-corrected chi connectivity index (χ3v) is 7.93. The van der Waals surface area contributed by atoms with Crippen molar-refractivity contribution in [3.63, 3.8) is 0 Å². The molecule has 0 aliphatic heterocycles. The Bertz CT molecular complexity index is 1880. The van der Waals surface area contributed by atoms with Crippen molar-refractivity contribution in [1.82, 2.24) is 9.97 Å². The number of aromatic nitrogens is 2. The molecule has 2 N–H and O–H groups in total. The zero-order valence-electron chi connectivity index (χ0n) is 29.2. The average molecular weight is 756 g/mol. The summed E-state index contributed by atoms with van der Waals surface area (Å²) in [5, 5.41) is 19.6. The molecule has 0 radical (unpaired) electrons. The van der Waals surface area contributed by atoms with Crippen LogP contribution in [0.3, 0.4) is 0 Å². The van der Waals surface area contributed by atoms with Crippen LogP contribution in [0.25, 0.3) is 11.1 Å². The first-order valence-corrected chi connectivity index (χ1v) is 15.8. The minimum Gasteiger partial charge on any atom is -0.496 e. The molecule has 286 valence electrons. The van der Waals surface area contributed by atoms with Crippen LogP contribution < -0.4 is 23.8 Å². The van der Waals surface area contributed by atoms with Crippen molar-refractivity contribution in [2.24, 2.45) is 0 Å². The van der Waals surface area contributed by atoms with E-state index in [1.165, 1.54) is 70.7 Å². The summed E-state index contributed by atoms with van der Waals surface area (Å²) in [6.07, 6.45) is -7.76. The number of carboxylic acid groups (broad SMARTS) is 1. The Morgan fingerprint density at radius 2 is 1.34 bits per heavy atom. The van der Waals surface area contributed by atoms with Crippen LogP contribution >= 0.6 is 0 Å². The van der Waals surface area contributed by atoms with Crippen molar-refractivity contribution in [3.05, 3.63) is 88.5 Å². The van der Waals surface area contributed by atoms with Gasteiger partial charge in [-0.3, -0.25) is 4.79 Å². The molecule has 0 saturated heterocycles. The molecule has 0 amide bonds. The molecule has 0 bridgehead atoms. The molecule has 0 saturated carbocycles. The van der Waals surface area contributed by atoms with Gasteiger partial charge < -0.3 is 34.1 Å². The molecule has 0 spiro atoms. The Morgan fingerprint density at radius 3 is 1.85 bits per heavy atom. The molecule has 3 aromatic carbocycles. The van der Waals surface area contributed by atoms with E-state index in [2.05, 4.69) is 9.97 Å². The molecule has 1 heterocycles. The SMILES string of the molecule is COc1cc(CN(Cc2cc(C(F)(F)F)cc(C(F)(F)F)c2)c2ncc(OCCCC(=O)O)cn2)c(-c2cc(C(C)(C)O)c(F)cc2OC)cc1OC. The number of rotatable bonds is 15. The number of benzene rings is 3. The number of methoxy groups -OCH3 is 3. The third-order valence-electron chi connectivity index (χ3n) is 7.93. The maximum Gasteiger partial charge on any atom is 0.416 e. The molecule has 4 rings (SSSR count). The number of nitrogens with zero attached hydrogens (tertiary/aromatic N) is 3. The monoisotopic (exact) mass is 755 g/mol. The number of halogens is 7. The van der Waals surface area contributed by atoms with Gasteiger partial charge in [0, 0.05) is 36.7 Å². The number of ether oxygens (including phenoxy) is 4. The second-order valence-corrected chi connectivity index (χ2v) is 12.3. The van der Waals surface area contributed by atoms with Crippen LogP contribution in [-0.4, -0.2) is 54.1 Å². The number of anilines is 1. The highest BCUT2D eigenvalue weighted by atomic mass is 19.4. The van der Waals surface area contributed by atoms with Gasteiger partial charge in [-0.1, -0.05) is 0 Å². The van der Waals surface area contributed by atoms with Gasteiger partial charge in [0.25, 0.3) is 0 Å². The topological polar surface area (TPSA) is 123 Å². The highest BCUT2D eigenvalue weighted by molar-refractivity contribution is 5.77. The number of carbonyl (C=O) groups is 1. The number of hydrogen-bond donors (Lipinski definition) is 2. The van der Waals surface area contributed by atoms with E-state index in [0.29, 0.717) is 23.3 Å². The lowest BCUT2D eigenvalue weighted by atomic mass is 9.90. The molecule has 0 aliphatic carbocycles. The zero-order valence-corrected chi connectivity index (χ0v) is 29.2. The molecular weight excluding hydrogens is 719 g/mol. The summed E-state index contributed by atoms with van der Waals surface area (Å²) in [5.74, 6) is -1.38. The fourth-order valence-corrected chi connectivity index (χ4v) is 5.40. The smallest absolute Gasteiger partial charge is 0.416 e. The Morgan fingerprint density at radius 1 is 0.774 bits per heavy atom. The normalized spacial score (nSPS) is 12.0. The average Bonchev–Trinajstić information content (AvgIpc) is 3.08. The van der Waals surface area contributed by atoms with Crippen molar-refractivity contribution in [2.75, 3.05) is 32.8 Å². The van der Waals surface area contributed by atoms with Gasteiger partial charge in [0.2, 0.25) is 5.95 Å². The minimum atomic E-state index is -5.11. The maximum absolute atomic E-state index is 15.2. The summed E-state index contributed by atoms with van der Waals surface area (Å²) >= 11 is 0. The fraction of sp³-hybridized carbons (Fsp3) is 0.361. The number of carboxylic acids is 1. The summed E-state index contributed by atoms with van der Waals surface area (Å²) in [5.41, 5.74) is -4.27. The second kappa shape index (κ2) is 16.1. The fourth-order valence-electron chi connectivity index (χ4n) is 5.40. The van der Waals surface area contributed by atoms with Gasteiger partial charge in [-0.2, -0.15) is 26.3 Å². The van der Waals surface area contributed by atoms with Crippen LogP contribution in [0, 0.1) is 5.82 Å². The lowest BCUT2D eigenvalue weighted by Gasteiger charge is -2.27. The van der Waals surface area contributed by atoms with Crippen molar-refractivity contribution >= 4 is 11.9 Å². The molecule has 0 atom stereocenters. The lowest BCUT2D eigenvalue weighted by molar-refractivity contribution is -0.143. The predicted octanol–water partition coefficient (Wildman–Crippen LogP) is 8.02. The van der Waals surface area contributed by atoms with E-state index < -0.39 is 47.4 Å². The summed E-state index contributed by atoms with van der Waals surface area (Å²) in [6, 6.07) is 6.68. The van der Waals surface area contributed by atoms with E-state index in [1.54, 1.807) is 0 Å². The first-order chi connectivity index (χ1) is 24.7. The van der Waals surface area contributed by atoms with Crippen LogP contribution in [0.5, 0.6) is 23.0 Å². The number of aliphatic carboxylic acids is 1. The first kappa shape index (κ1) is 40.5. The first-order valence-electron chi connectivity index (χ1n) is 15.8. The summed E-state index contributed by atoms with van der Waals surface area (Å²) in [7, 11) is 4.01. The molecule has 0 aliphatic rings. The van der Waals surface area contributed by atoms with Crippen molar-refractivity contribution in [3.8, 4) is 34.1 Å². The number of hydrogen-bond acceptors (Lipinski definition) is 9. The highest BCUT2D eigenvalue weighted by Gasteiger charge is 2.37. The van der Waals surface area contributed by atoms with Crippen LogP contribution in [-0.2, 0) is 35.8 Å². The van der Waals surface area contributed by atoms with E-state index >= 15 is 4.39 Å². The van der Waals surface area contributed by atoms with Crippen molar-refractivity contribution < 1.29 is 64.7 Å². The zero-order chi connectivity index (χ0) is 39.3. The van der Waals surface area contributed by atoms with E-state index in [-0.39, 0.29) is 77.7 Å². The molecule has 0 unspecified atom stereocenters. The molecule has 1 aromatic heterocycles. The van der Waals surface area contributed by atoms with Gasteiger partial charge in [0.15, 0.2) is 17.2 Å². The molecule has 53 heavy (non-hydrogen) atoms. The van der Waals surface area contributed by atoms with Crippen LogP contribution in [0.4, 0.5) is 36.7 Å². The predicted molar refractivity (Wildman–Crippen MR) is 177 cm³/mol. The summed E-state index contributed by atoms with van der Waals surface area (Å²) in [6.45, 7) is 1.89. The molecule has 4 aromatic rings.